The van der Waals surface area contributed by atoms with Crippen molar-refractivity contribution < 1.29 is 14.3 Å². The van der Waals surface area contributed by atoms with E-state index in [0.29, 0.717) is 17.2 Å². The molecule has 5 heteroatoms. The highest BCUT2D eigenvalue weighted by Gasteiger charge is 2.15. The van der Waals surface area contributed by atoms with Crippen molar-refractivity contribution in [3.63, 3.8) is 0 Å². The maximum absolute atomic E-state index is 11.8. The lowest BCUT2D eigenvalue weighted by Gasteiger charge is -2.19. The molecule has 1 aliphatic rings. The topological polar surface area (TPSA) is 59.6 Å². The van der Waals surface area contributed by atoms with Crippen molar-refractivity contribution in [1.82, 2.24) is 5.32 Å². The molecule has 0 saturated heterocycles. The lowest BCUT2D eigenvalue weighted by atomic mass is 9.88. The minimum Gasteiger partial charge on any atom is -0.454 e. The number of rotatable bonds is 2. The standard InChI is InChI=1S/C15H20N2O3/c1-10(15(2,3)4)8-16-14(18)17-11-5-6-12-13(7-11)20-9-19-12/h5-8H,9H2,1-4H3,(H2,16,17,18)/b10-8+. The van der Waals surface area contributed by atoms with Gasteiger partial charge in [-0.2, -0.15) is 0 Å². The summed E-state index contributed by atoms with van der Waals surface area (Å²) in [6.07, 6.45) is 1.72. The first-order chi connectivity index (χ1) is 9.36. The van der Waals surface area contributed by atoms with E-state index < -0.39 is 0 Å². The summed E-state index contributed by atoms with van der Waals surface area (Å²) in [5.74, 6) is 1.34. The van der Waals surface area contributed by atoms with Crippen LogP contribution in [-0.4, -0.2) is 12.8 Å². The van der Waals surface area contributed by atoms with Crippen LogP contribution in [0.1, 0.15) is 27.7 Å². The largest absolute Gasteiger partial charge is 0.454 e. The zero-order valence-corrected chi connectivity index (χ0v) is 12.2. The molecule has 1 aromatic rings. The molecule has 0 saturated carbocycles. The van der Waals surface area contributed by atoms with Crippen molar-refractivity contribution in [3.05, 3.63) is 30.0 Å². The molecular formula is C15H20N2O3. The number of hydrogen-bond acceptors (Lipinski definition) is 3. The second-order valence-corrected chi connectivity index (χ2v) is 5.74. The molecule has 0 bridgehead atoms. The van der Waals surface area contributed by atoms with Gasteiger partial charge in [0.05, 0.1) is 0 Å². The first-order valence-corrected chi connectivity index (χ1v) is 6.51. The molecule has 1 aliphatic heterocycles. The number of carbonyl (C=O) groups is 1. The van der Waals surface area contributed by atoms with Gasteiger partial charge in [-0.3, -0.25) is 0 Å². The van der Waals surface area contributed by atoms with Crippen molar-refractivity contribution >= 4 is 11.7 Å². The molecule has 0 aromatic heterocycles. The number of allylic oxidation sites excluding steroid dienone is 1. The van der Waals surface area contributed by atoms with Gasteiger partial charge in [-0.15, -0.1) is 0 Å². The number of anilines is 1. The molecule has 1 heterocycles. The summed E-state index contributed by atoms with van der Waals surface area (Å²) in [6.45, 7) is 8.49. The number of carbonyl (C=O) groups excluding carboxylic acids is 1. The molecule has 0 atom stereocenters. The van der Waals surface area contributed by atoms with Gasteiger partial charge in [0.1, 0.15) is 0 Å². The van der Waals surface area contributed by atoms with Gasteiger partial charge in [-0.1, -0.05) is 26.3 Å². The zero-order chi connectivity index (χ0) is 14.8. The second kappa shape index (κ2) is 5.45. The van der Waals surface area contributed by atoms with E-state index in [1.807, 2.05) is 6.92 Å². The van der Waals surface area contributed by atoms with Gasteiger partial charge in [0.2, 0.25) is 6.79 Å². The zero-order valence-electron chi connectivity index (χ0n) is 12.2. The number of ether oxygens (including phenoxy) is 2. The number of fused-ring (bicyclic) bond motifs is 1. The van der Waals surface area contributed by atoms with Gasteiger partial charge in [0.15, 0.2) is 11.5 Å². The predicted molar refractivity (Wildman–Crippen MR) is 77.9 cm³/mol. The van der Waals surface area contributed by atoms with E-state index in [1.165, 1.54) is 0 Å². The molecule has 1 aromatic carbocycles. The van der Waals surface area contributed by atoms with Crippen LogP contribution in [-0.2, 0) is 0 Å². The molecule has 2 amide bonds. The van der Waals surface area contributed by atoms with Crippen molar-refractivity contribution in [1.29, 1.82) is 0 Å². The average Bonchev–Trinajstić information content (AvgIpc) is 2.82. The summed E-state index contributed by atoms with van der Waals surface area (Å²) < 4.78 is 10.5. The Labute approximate surface area is 119 Å². The Morgan fingerprint density at radius 3 is 2.65 bits per heavy atom. The Morgan fingerprint density at radius 1 is 1.25 bits per heavy atom. The molecule has 0 aliphatic carbocycles. The SMILES string of the molecule is C/C(=C\NC(=O)Nc1ccc2c(c1)OCO2)C(C)(C)C. The van der Waals surface area contributed by atoms with E-state index in [-0.39, 0.29) is 18.2 Å². The van der Waals surface area contributed by atoms with Gasteiger partial charge in [0.25, 0.3) is 0 Å². The molecule has 0 radical (unpaired) electrons. The number of urea groups is 1. The summed E-state index contributed by atoms with van der Waals surface area (Å²) in [5, 5.41) is 5.47. The van der Waals surface area contributed by atoms with Crippen LogP contribution in [0.5, 0.6) is 11.5 Å². The Bertz CT molecular complexity index is 545. The minimum absolute atomic E-state index is 0.0338. The van der Waals surface area contributed by atoms with Crippen LogP contribution in [0.2, 0.25) is 0 Å². The van der Waals surface area contributed by atoms with Gasteiger partial charge in [0, 0.05) is 18.0 Å². The normalized spacial score (nSPS) is 14.1. The minimum atomic E-state index is -0.285. The number of hydrogen-bond donors (Lipinski definition) is 2. The highest BCUT2D eigenvalue weighted by molar-refractivity contribution is 5.90. The Kier molecular flexibility index (Phi) is 3.88. The number of benzene rings is 1. The van der Waals surface area contributed by atoms with Crippen molar-refractivity contribution in [2.75, 3.05) is 12.1 Å². The first-order valence-electron chi connectivity index (χ1n) is 6.51. The van der Waals surface area contributed by atoms with Crippen LogP contribution in [0.4, 0.5) is 10.5 Å². The van der Waals surface area contributed by atoms with E-state index in [0.717, 1.165) is 5.57 Å². The molecule has 5 nitrogen and oxygen atoms in total. The summed E-state index contributed by atoms with van der Waals surface area (Å²) in [7, 11) is 0. The van der Waals surface area contributed by atoms with Crippen LogP contribution >= 0.6 is 0 Å². The number of amides is 2. The van der Waals surface area contributed by atoms with Gasteiger partial charge in [-0.05, 0) is 24.5 Å². The van der Waals surface area contributed by atoms with Crippen molar-refractivity contribution in [2.24, 2.45) is 5.41 Å². The highest BCUT2D eigenvalue weighted by atomic mass is 16.7. The first kappa shape index (κ1) is 14.2. The summed E-state index contributed by atoms with van der Waals surface area (Å²) >= 11 is 0. The number of nitrogens with one attached hydrogen (secondary N) is 2. The molecule has 0 fully saturated rings. The molecule has 108 valence electrons. The van der Waals surface area contributed by atoms with Gasteiger partial charge >= 0.3 is 6.03 Å². The average molecular weight is 276 g/mol. The van der Waals surface area contributed by atoms with E-state index in [1.54, 1.807) is 24.4 Å². The lowest BCUT2D eigenvalue weighted by molar-refractivity contribution is 0.174. The van der Waals surface area contributed by atoms with Crippen LogP contribution in [0.25, 0.3) is 0 Å². The van der Waals surface area contributed by atoms with Crippen LogP contribution in [0, 0.1) is 5.41 Å². The maximum Gasteiger partial charge on any atom is 0.323 e. The summed E-state index contributed by atoms with van der Waals surface area (Å²) in [4.78, 5) is 11.8. The Morgan fingerprint density at radius 2 is 1.95 bits per heavy atom. The maximum atomic E-state index is 11.8. The third-order valence-electron chi connectivity index (χ3n) is 3.23. The third kappa shape index (κ3) is 3.44. The molecular weight excluding hydrogens is 256 g/mol. The summed E-state index contributed by atoms with van der Waals surface area (Å²) in [6, 6.07) is 5.00. The third-order valence-corrected chi connectivity index (χ3v) is 3.23. The molecule has 2 rings (SSSR count). The van der Waals surface area contributed by atoms with E-state index in [9.17, 15) is 4.79 Å². The Balaban J connectivity index is 1.95. The smallest absolute Gasteiger partial charge is 0.323 e. The van der Waals surface area contributed by atoms with Crippen LogP contribution in [0.15, 0.2) is 30.0 Å². The van der Waals surface area contributed by atoms with Gasteiger partial charge in [-0.25, -0.2) is 4.79 Å². The molecule has 20 heavy (non-hydrogen) atoms. The molecule has 0 spiro atoms. The second-order valence-electron chi connectivity index (χ2n) is 5.74. The van der Waals surface area contributed by atoms with Gasteiger partial charge < -0.3 is 20.1 Å². The quantitative estimate of drug-likeness (QED) is 0.869. The Hall–Kier alpha value is -2.17. The summed E-state index contributed by atoms with van der Waals surface area (Å²) in [5.41, 5.74) is 1.79. The predicted octanol–water partition coefficient (Wildman–Crippen LogP) is 3.49. The van der Waals surface area contributed by atoms with Crippen LogP contribution in [0.3, 0.4) is 0 Å². The van der Waals surface area contributed by atoms with Crippen LogP contribution < -0.4 is 20.1 Å². The monoisotopic (exact) mass is 276 g/mol. The lowest BCUT2D eigenvalue weighted by Crippen LogP contribution is -2.25. The highest BCUT2D eigenvalue weighted by Crippen LogP contribution is 2.34. The van der Waals surface area contributed by atoms with E-state index >= 15 is 0 Å². The van der Waals surface area contributed by atoms with Crippen molar-refractivity contribution in [2.45, 2.75) is 27.7 Å². The fourth-order valence-corrected chi connectivity index (χ4v) is 1.53. The molecule has 0 unspecified atom stereocenters. The fourth-order valence-electron chi connectivity index (χ4n) is 1.53. The van der Waals surface area contributed by atoms with E-state index in [2.05, 4.69) is 31.4 Å². The fraction of sp³-hybridized carbons (Fsp3) is 0.400. The van der Waals surface area contributed by atoms with Crippen molar-refractivity contribution in [3.8, 4) is 11.5 Å². The van der Waals surface area contributed by atoms with E-state index in [4.69, 9.17) is 9.47 Å². The molecule has 2 N–H and O–H groups in total.